The maximum absolute atomic E-state index is 14.1. The molecule has 0 saturated heterocycles. The SMILES string of the molecule is CN1Cc2c3c(n(-c4ccc(F)[c-]c4F)c2C1)COC3.CN1Cc2c3c(n(-c4ccc(F)[c-]c4F)c2C1)COC3.[Ti+4].c1cc[cH-]c1.c1cc[cH-]c1. The summed E-state index contributed by atoms with van der Waals surface area (Å²) in [5.74, 6) is -2.68. The van der Waals surface area contributed by atoms with Crippen molar-refractivity contribution in [3.8, 4) is 11.4 Å². The molecule has 4 aliphatic rings. The summed E-state index contributed by atoms with van der Waals surface area (Å²) >= 11 is 0. The molecule has 4 aromatic carbocycles. The van der Waals surface area contributed by atoms with Crippen molar-refractivity contribution in [3.05, 3.63) is 165 Å². The molecule has 4 aliphatic heterocycles. The second-order valence-electron chi connectivity index (χ2n) is 12.6. The molecule has 0 amide bonds. The van der Waals surface area contributed by atoms with Gasteiger partial charge in [0.05, 0.1) is 26.4 Å². The van der Waals surface area contributed by atoms with E-state index in [-0.39, 0.29) is 21.7 Å². The third-order valence-electron chi connectivity index (χ3n) is 9.14. The molecule has 0 N–H and O–H groups in total. The van der Waals surface area contributed by atoms with Crippen LogP contribution in [0.25, 0.3) is 11.4 Å². The van der Waals surface area contributed by atoms with Crippen molar-refractivity contribution in [1.29, 1.82) is 0 Å². The summed E-state index contributed by atoms with van der Waals surface area (Å²) in [4.78, 5) is 4.34. The summed E-state index contributed by atoms with van der Waals surface area (Å²) in [5.41, 5.74) is 9.62. The third kappa shape index (κ3) is 7.63. The van der Waals surface area contributed by atoms with E-state index in [1.54, 1.807) is 0 Å². The second kappa shape index (κ2) is 16.1. The van der Waals surface area contributed by atoms with E-state index in [9.17, 15) is 17.6 Å². The van der Waals surface area contributed by atoms with Crippen LogP contribution in [-0.4, -0.2) is 33.0 Å². The molecule has 11 heteroatoms. The van der Waals surface area contributed by atoms with E-state index in [1.807, 2.05) is 83.9 Å². The maximum Gasteiger partial charge on any atom is 4.00 e. The van der Waals surface area contributed by atoms with Crippen LogP contribution in [0, 0.1) is 35.4 Å². The molecule has 6 nitrogen and oxygen atoms in total. The Labute approximate surface area is 310 Å². The number of hydrogen-bond donors (Lipinski definition) is 0. The van der Waals surface area contributed by atoms with Crippen molar-refractivity contribution < 1.29 is 48.8 Å². The summed E-state index contributed by atoms with van der Waals surface area (Å²) in [6.07, 6.45) is 0. The van der Waals surface area contributed by atoms with Crippen LogP contribution in [0.1, 0.15) is 45.0 Å². The molecule has 0 aliphatic carbocycles. The zero-order valence-corrected chi connectivity index (χ0v) is 29.9. The molecular weight excluding hydrogens is 692 g/mol. The molecule has 0 atom stereocenters. The van der Waals surface area contributed by atoms with Gasteiger partial charge in [-0.1, -0.05) is 0 Å². The second-order valence-corrected chi connectivity index (χ2v) is 12.6. The minimum absolute atomic E-state index is 0. The molecule has 6 aromatic rings. The number of halogens is 4. The Bertz CT molecular complexity index is 1890. The Morgan fingerprint density at radius 2 is 0.922 bits per heavy atom. The predicted molar refractivity (Wildman–Crippen MR) is 180 cm³/mol. The minimum atomic E-state index is -0.680. The van der Waals surface area contributed by atoms with Crippen molar-refractivity contribution in [2.75, 3.05) is 14.1 Å². The fourth-order valence-corrected chi connectivity index (χ4v) is 7.01. The number of nitrogens with zero attached hydrogens (tertiary/aromatic N) is 4. The number of fused-ring (bicyclic) bond motifs is 6. The maximum atomic E-state index is 14.1. The van der Waals surface area contributed by atoms with Gasteiger partial charge in [0.2, 0.25) is 0 Å². The quantitative estimate of drug-likeness (QED) is 0.103. The van der Waals surface area contributed by atoms with Crippen LogP contribution in [0.3, 0.4) is 0 Å². The van der Waals surface area contributed by atoms with E-state index in [2.05, 4.69) is 21.9 Å². The van der Waals surface area contributed by atoms with Gasteiger partial charge in [-0.3, -0.25) is 9.80 Å². The van der Waals surface area contributed by atoms with Crippen molar-refractivity contribution in [2.24, 2.45) is 0 Å². The molecule has 2 aromatic heterocycles. The summed E-state index contributed by atoms with van der Waals surface area (Å²) < 4.78 is 69.0. The largest absolute Gasteiger partial charge is 4.00 e. The Balaban J connectivity index is 0.000000136. The van der Waals surface area contributed by atoms with Gasteiger partial charge >= 0.3 is 21.7 Å². The first-order valence-electron chi connectivity index (χ1n) is 16.4. The van der Waals surface area contributed by atoms with Crippen molar-refractivity contribution >= 4 is 0 Å². The van der Waals surface area contributed by atoms with Crippen LogP contribution in [0.2, 0.25) is 0 Å². The number of ether oxygens (including phenoxy) is 2. The molecule has 260 valence electrons. The van der Waals surface area contributed by atoms with Gasteiger partial charge in [0.25, 0.3) is 0 Å². The summed E-state index contributed by atoms with van der Waals surface area (Å²) in [6, 6.07) is 29.6. The molecule has 51 heavy (non-hydrogen) atoms. The summed E-state index contributed by atoms with van der Waals surface area (Å²) in [6.45, 7) is 5.32. The van der Waals surface area contributed by atoms with Crippen LogP contribution in [-0.2, 0) is 83.8 Å². The van der Waals surface area contributed by atoms with E-state index in [1.165, 1.54) is 35.4 Å². The Kier molecular flexibility index (Phi) is 11.6. The number of benzene rings is 2. The molecule has 0 fully saturated rings. The van der Waals surface area contributed by atoms with E-state index in [0.29, 0.717) is 37.8 Å². The van der Waals surface area contributed by atoms with Gasteiger partial charge in [-0.25, -0.2) is 41.8 Å². The summed E-state index contributed by atoms with van der Waals surface area (Å²) in [5, 5.41) is 0. The van der Waals surface area contributed by atoms with Crippen molar-refractivity contribution in [1.82, 2.24) is 18.9 Å². The smallest absolute Gasteiger partial charge is 0.370 e. The fraction of sp³-hybridized carbons (Fsp3) is 0.250. The average Bonchev–Trinajstić information content (AvgIpc) is 3.93. The molecule has 0 radical (unpaired) electrons. The molecule has 10 rings (SSSR count). The van der Waals surface area contributed by atoms with Gasteiger partial charge in [0.1, 0.15) is 0 Å². The molecule has 0 bridgehead atoms. The van der Waals surface area contributed by atoms with E-state index >= 15 is 0 Å². The third-order valence-corrected chi connectivity index (χ3v) is 9.14. The zero-order chi connectivity index (χ0) is 34.8. The molecule has 0 spiro atoms. The van der Waals surface area contributed by atoms with Gasteiger partial charge in [0, 0.05) is 83.4 Å². The van der Waals surface area contributed by atoms with Crippen LogP contribution >= 0.6 is 0 Å². The van der Waals surface area contributed by atoms with E-state index < -0.39 is 23.3 Å². The molecule has 0 unspecified atom stereocenters. The Morgan fingerprint density at radius 3 is 1.25 bits per heavy atom. The van der Waals surface area contributed by atoms with Crippen molar-refractivity contribution in [2.45, 2.75) is 52.6 Å². The van der Waals surface area contributed by atoms with Gasteiger partial charge in [-0.2, -0.15) is 36.4 Å². The molecular formula is C40H36F4N4O2Ti. The van der Waals surface area contributed by atoms with Gasteiger partial charge < -0.3 is 18.6 Å². The van der Waals surface area contributed by atoms with Gasteiger partial charge in [-0.05, 0) is 36.6 Å². The number of hydrogen-bond acceptors (Lipinski definition) is 4. The van der Waals surface area contributed by atoms with Crippen LogP contribution < -0.4 is 0 Å². The van der Waals surface area contributed by atoms with Crippen LogP contribution in [0.5, 0.6) is 0 Å². The zero-order valence-electron chi connectivity index (χ0n) is 28.4. The number of rotatable bonds is 2. The summed E-state index contributed by atoms with van der Waals surface area (Å²) in [7, 11) is 4.05. The standard InChI is InChI=1S/2C15H13F2N2O.2C5H5.Ti/c2*1-18-5-10-11-7-20-8-15(11)19(14(10)6-18)13-3-2-9(16)4-12(13)17;2*1-2-4-5-3-1;/h2*2-3H,5-8H2,1H3;2*1-5H;/q4*-1;+4. The first-order chi connectivity index (χ1) is 24.3. The predicted octanol–water partition coefficient (Wildman–Crippen LogP) is 7.87. The Morgan fingerprint density at radius 1 is 0.529 bits per heavy atom. The Hall–Kier alpha value is -4.03. The molecule has 6 heterocycles. The van der Waals surface area contributed by atoms with E-state index in [0.717, 1.165) is 60.1 Å². The molecule has 0 saturated carbocycles. The monoisotopic (exact) mass is 728 g/mol. The van der Waals surface area contributed by atoms with Crippen molar-refractivity contribution in [3.63, 3.8) is 0 Å². The normalized spacial score (nSPS) is 15.3. The average molecular weight is 729 g/mol. The number of aromatic nitrogens is 2. The first-order valence-corrected chi connectivity index (χ1v) is 16.4. The van der Waals surface area contributed by atoms with Crippen LogP contribution in [0.4, 0.5) is 17.6 Å². The van der Waals surface area contributed by atoms with E-state index in [4.69, 9.17) is 9.47 Å². The van der Waals surface area contributed by atoms with Crippen LogP contribution in [0.15, 0.2) is 84.9 Å². The van der Waals surface area contributed by atoms with Gasteiger partial charge in [-0.15, -0.1) is 36.4 Å². The van der Waals surface area contributed by atoms with Gasteiger partial charge in [0.15, 0.2) is 0 Å². The minimum Gasteiger partial charge on any atom is -0.370 e. The fourth-order valence-electron chi connectivity index (χ4n) is 7.01. The first kappa shape index (κ1) is 36.8. The topological polar surface area (TPSA) is 34.8 Å².